The highest BCUT2D eigenvalue weighted by molar-refractivity contribution is 7.91. The number of imidazole rings is 1. The molecule has 104 valence electrons. The van der Waals surface area contributed by atoms with E-state index in [0.717, 1.165) is 5.82 Å². The number of hydrogen-bond donors (Lipinski definition) is 3. The molecule has 19 heavy (non-hydrogen) atoms. The molecule has 0 bridgehead atoms. The lowest BCUT2D eigenvalue weighted by Gasteiger charge is -2.04. The van der Waals surface area contributed by atoms with Gasteiger partial charge in [-0.05, 0) is 13.3 Å². The predicted octanol–water partition coefficient (Wildman–Crippen LogP) is 0.379. The second-order valence-electron chi connectivity index (χ2n) is 3.96. The zero-order valence-corrected chi connectivity index (χ0v) is 11.9. The first-order valence-corrected chi connectivity index (χ1v) is 7.96. The van der Waals surface area contributed by atoms with Crippen LogP contribution in [0.5, 0.6) is 0 Å². The van der Waals surface area contributed by atoms with E-state index >= 15 is 0 Å². The van der Waals surface area contributed by atoms with Gasteiger partial charge in [0.1, 0.15) is 5.82 Å². The Hall–Kier alpha value is -1.45. The van der Waals surface area contributed by atoms with E-state index in [-0.39, 0.29) is 9.08 Å². The molecule has 0 unspecified atom stereocenters. The van der Waals surface area contributed by atoms with Crippen molar-refractivity contribution in [3.8, 4) is 0 Å². The third-order valence-electron chi connectivity index (χ3n) is 2.46. The van der Waals surface area contributed by atoms with Crippen molar-refractivity contribution in [2.24, 2.45) is 0 Å². The fourth-order valence-electron chi connectivity index (χ4n) is 1.61. The Bertz CT molecular complexity index is 685. The number of aromatic amines is 2. The summed E-state index contributed by atoms with van der Waals surface area (Å²) in [5.41, 5.74) is 0.369. The van der Waals surface area contributed by atoms with Crippen molar-refractivity contribution in [2.45, 2.75) is 24.0 Å². The molecule has 0 spiro atoms. The van der Waals surface area contributed by atoms with Crippen LogP contribution >= 0.6 is 11.3 Å². The first-order chi connectivity index (χ1) is 8.99. The van der Waals surface area contributed by atoms with Gasteiger partial charge in [-0.15, -0.1) is 0 Å². The van der Waals surface area contributed by atoms with E-state index in [1.807, 2.05) is 0 Å². The lowest BCUT2D eigenvalue weighted by Crippen LogP contribution is -2.25. The largest absolute Gasteiger partial charge is 0.349 e. The Morgan fingerprint density at radius 1 is 1.47 bits per heavy atom. The second-order valence-corrected chi connectivity index (χ2v) is 6.91. The molecule has 3 N–H and O–H groups in total. The first kappa shape index (κ1) is 14.0. The predicted molar refractivity (Wildman–Crippen MR) is 71.8 cm³/mol. The minimum absolute atomic E-state index is 0.0514. The molecular formula is C10H14N4O3S2. The molecule has 0 radical (unpaired) electrons. The molecule has 0 saturated heterocycles. The number of sulfonamides is 1. The smallest absolute Gasteiger partial charge is 0.305 e. The molecule has 0 aliphatic heterocycles. The average Bonchev–Trinajstić information content (AvgIpc) is 2.94. The van der Waals surface area contributed by atoms with Crippen LogP contribution in [0, 0.1) is 6.92 Å². The lowest BCUT2D eigenvalue weighted by molar-refractivity contribution is 0.579. The topological polar surface area (TPSA) is 108 Å². The Balaban J connectivity index is 1.91. The van der Waals surface area contributed by atoms with E-state index in [1.54, 1.807) is 19.3 Å². The highest BCUT2D eigenvalue weighted by atomic mass is 32.2. The zero-order valence-electron chi connectivity index (χ0n) is 10.3. The summed E-state index contributed by atoms with van der Waals surface area (Å²) in [6, 6.07) is 0. The van der Waals surface area contributed by atoms with Gasteiger partial charge in [-0.3, -0.25) is 4.79 Å². The maximum atomic E-state index is 11.9. The molecule has 0 saturated carbocycles. The van der Waals surface area contributed by atoms with Gasteiger partial charge in [-0.1, -0.05) is 11.3 Å². The number of aromatic nitrogens is 3. The van der Waals surface area contributed by atoms with Gasteiger partial charge in [0.25, 0.3) is 10.0 Å². The van der Waals surface area contributed by atoms with Gasteiger partial charge in [0.05, 0.1) is 0 Å². The van der Waals surface area contributed by atoms with E-state index in [0.29, 0.717) is 36.4 Å². The number of hydrogen-bond acceptors (Lipinski definition) is 5. The van der Waals surface area contributed by atoms with Gasteiger partial charge in [0.15, 0.2) is 4.21 Å². The first-order valence-electron chi connectivity index (χ1n) is 5.66. The summed E-state index contributed by atoms with van der Waals surface area (Å²) in [5.74, 6) is 0.821. The van der Waals surface area contributed by atoms with Gasteiger partial charge in [-0.2, -0.15) is 0 Å². The van der Waals surface area contributed by atoms with Crippen LogP contribution in [-0.2, 0) is 16.4 Å². The third-order valence-corrected chi connectivity index (χ3v) is 5.53. The number of thiazole rings is 1. The van der Waals surface area contributed by atoms with Crippen LogP contribution < -0.4 is 9.60 Å². The average molecular weight is 302 g/mol. The zero-order chi connectivity index (χ0) is 13.9. The molecule has 0 amide bonds. The van der Waals surface area contributed by atoms with E-state index in [9.17, 15) is 13.2 Å². The standard InChI is InChI=1S/C10H14N4O3S2/c1-7-9(18-10(15)14-7)19(16,17)13-4-2-3-8-11-5-6-12-8/h5-6,13H,2-4H2,1H3,(H,11,12)(H,14,15). The Kier molecular flexibility index (Phi) is 4.17. The summed E-state index contributed by atoms with van der Waals surface area (Å²) in [6.07, 6.45) is 4.67. The number of rotatable bonds is 6. The summed E-state index contributed by atoms with van der Waals surface area (Å²) in [7, 11) is -3.60. The monoisotopic (exact) mass is 302 g/mol. The molecule has 2 aromatic rings. The summed E-state index contributed by atoms with van der Waals surface area (Å²) in [6.45, 7) is 1.86. The highest BCUT2D eigenvalue weighted by Gasteiger charge is 2.19. The third kappa shape index (κ3) is 3.52. The number of nitrogens with one attached hydrogen (secondary N) is 3. The normalized spacial score (nSPS) is 11.8. The summed E-state index contributed by atoms with van der Waals surface area (Å²) < 4.78 is 26.4. The molecule has 9 heteroatoms. The van der Waals surface area contributed by atoms with Crippen LogP contribution in [0.2, 0.25) is 0 Å². The molecule has 0 atom stereocenters. The molecule has 0 aliphatic carbocycles. The van der Waals surface area contributed by atoms with Crippen LogP contribution in [0.3, 0.4) is 0 Å². The van der Waals surface area contributed by atoms with Crippen LogP contribution in [-0.4, -0.2) is 29.9 Å². The quantitative estimate of drug-likeness (QED) is 0.670. The van der Waals surface area contributed by atoms with Gasteiger partial charge in [0.2, 0.25) is 0 Å². The molecule has 2 aromatic heterocycles. The number of aryl methyl sites for hydroxylation is 2. The number of nitrogens with zero attached hydrogens (tertiary/aromatic N) is 1. The molecule has 7 nitrogen and oxygen atoms in total. The maximum absolute atomic E-state index is 11.9. The van der Waals surface area contributed by atoms with Crippen molar-refractivity contribution >= 4 is 21.4 Å². The van der Waals surface area contributed by atoms with Crippen LogP contribution in [0.4, 0.5) is 0 Å². The van der Waals surface area contributed by atoms with Gasteiger partial charge < -0.3 is 9.97 Å². The minimum atomic E-state index is -3.60. The fraction of sp³-hybridized carbons (Fsp3) is 0.400. The molecule has 2 heterocycles. The van der Waals surface area contributed by atoms with E-state index < -0.39 is 10.0 Å². The van der Waals surface area contributed by atoms with Crippen molar-refractivity contribution in [2.75, 3.05) is 6.54 Å². The number of H-pyrrole nitrogens is 2. The van der Waals surface area contributed by atoms with Crippen LogP contribution in [0.15, 0.2) is 21.4 Å². The highest BCUT2D eigenvalue weighted by Crippen LogP contribution is 2.15. The Morgan fingerprint density at radius 2 is 2.26 bits per heavy atom. The van der Waals surface area contributed by atoms with Crippen molar-refractivity contribution in [1.29, 1.82) is 0 Å². The van der Waals surface area contributed by atoms with Gasteiger partial charge in [-0.25, -0.2) is 18.1 Å². The Labute approximate surface area is 114 Å². The van der Waals surface area contributed by atoms with Gasteiger partial charge in [0, 0.05) is 31.1 Å². The summed E-state index contributed by atoms with van der Waals surface area (Å²) in [5, 5.41) is 0. The van der Waals surface area contributed by atoms with Crippen molar-refractivity contribution < 1.29 is 8.42 Å². The fourth-order valence-corrected chi connectivity index (χ4v) is 4.03. The van der Waals surface area contributed by atoms with Crippen molar-refractivity contribution in [1.82, 2.24) is 19.7 Å². The van der Waals surface area contributed by atoms with Crippen LogP contribution in [0.1, 0.15) is 17.9 Å². The van der Waals surface area contributed by atoms with Gasteiger partial charge >= 0.3 is 4.87 Å². The van der Waals surface area contributed by atoms with Crippen molar-refractivity contribution in [3.05, 3.63) is 33.6 Å². The lowest BCUT2D eigenvalue weighted by atomic mass is 10.3. The SMILES string of the molecule is Cc1[nH]c(=O)sc1S(=O)(=O)NCCCc1ncc[nH]1. The Morgan fingerprint density at radius 3 is 2.84 bits per heavy atom. The molecule has 0 fully saturated rings. The van der Waals surface area contributed by atoms with Crippen LogP contribution in [0.25, 0.3) is 0 Å². The summed E-state index contributed by atoms with van der Waals surface area (Å²) >= 11 is 0.697. The summed E-state index contributed by atoms with van der Waals surface area (Å²) in [4.78, 5) is 20.2. The molecule has 0 aromatic carbocycles. The van der Waals surface area contributed by atoms with E-state index in [4.69, 9.17) is 0 Å². The molecule has 0 aliphatic rings. The van der Waals surface area contributed by atoms with Crippen molar-refractivity contribution in [3.63, 3.8) is 0 Å². The minimum Gasteiger partial charge on any atom is -0.349 e. The second kappa shape index (κ2) is 5.68. The van der Waals surface area contributed by atoms with E-state index in [2.05, 4.69) is 19.7 Å². The maximum Gasteiger partial charge on any atom is 0.305 e. The van der Waals surface area contributed by atoms with E-state index in [1.165, 1.54) is 0 Å². The molecular weight excluding hydrogens is 288 g/mol. The molecule has 2 rings (SSSR count).